The van der Waals surface area contributed by atoms with Gasteiger partial charge in [-0.05, 0) is 19.8 Å². The van der Waals surface area contributed by atoms with E-state index in [1.54, 1.807) is 0 Å². The molecule has 1 saturated heterocycles. The molecule has 6 nitrogen and oxygen atoms in total. The molecule has 98 valence electrons. The number of carboxylic acids is 1. The summed E-state index contributed by atoms with van der Waals surface area (Å²) in [6.07, 6.45) is 4.96. The van der Waals surface area contributed by atoms with E-state index in [0.29, 0.717) is 18.9 Å². The fourth-order valence-corrected chi connectivity index (χ4v) is 2.13. The minimum atomic E-state index is -1.00. The van der Waals surface area contributed by atoms with E-state index in [2.05, 4.69) is 9.97 Å². The Hall–Kier alpha value is -1.69. The van der Waals surface area contributed by atoms with E-state index in [0.717, 1.165) is 19.4 Å². The zero-order valence-corrected chi connectivity index (χ0v) is 10.4. The molecule has 1 aromatic heterocycles. The van der Waals surface area contributed by atoms with Gasteiger partial charge < -0.3 is 14.7 Å². The molecule has 18 heavy (non-hydrogen) atoms. The van der Waals surface area contributed by atoms with Crippen molar-refractivity contribution < 1.29 is 14.6 Å². The summed E-state index contributed by atoms with van der Waals surface area (Å²) in [6.45, 7) is 4.13. The molecule has 0 aromatic carbocycles. The summed E-state index contributed by atoms with van der Waals surface area (Å²) in [5.74, 6) is -0.535. The largest absolute Gasteiger partial charge is 0.477 e. The maximum absolute atomic E-state index is 11.1. The van der Waals surface area contributed by atoms with Crippen LogP contribution in [0.15, 0.2) is 12.5 Å². The Morgan fingerprint density at radius 2 is 2.50 bits per heavy atom. The molecule has 2 rings (SSSR count). The van der Waals surface area contributed by atoms with Crippen LogP contribution in [0.5, 0.6) is 0 Å². The van der Waals surface area contributed by atoms with Crippen molar-refractivity contribution in [1.29, 1.82) is 0 Å². The van der Waals surface area contributed by atoms with Crippen molar-refractivity contribution in [2.45, 2.75) is 25.9 Å². The molecular weight excluding hydrogens is 234 g/mol. The van der Waals surface area contributed by atoms with E-state index in [9.17, 15) is 4.79 Å². The van der Waals surface area contributed by atoms with Crippen molar-refractivity contribution in [3.05, 3.63) is 18.1 Å². The van der Waals surface area contributed by atoms with Gasteiger partial charge in [-0.1, -0.05) is 0 Å². The van der Waals surface area contributed by atoms with Crippen molar-refractivity contribution in [2.24, 2.45) is 0 Å². The highest BCUT2D eigenvalue weighted by atomic mass is 16.5. The summed E-state index contributed by atoms with van der Waals surface area (Å²) < 4.78 is 5.57. The van der Waals surface area contributed by atoms with Crippen LogP contribution in [0.2, 0.25) is 0 Å². The highest BCUT2D eigenvalue weighted by Crippen LogP contribution is 2.20. The number of aromatic nitrogens is 2. The Morgan fingerprint density at radius 3 is 3.11 bits per heavy atom. The van der Waals surface area contributed by atoms with E-state index in [1.807, 2.05) is 11.8 Å². The summed E-state index contributed by atoms with van der Waals surface area (Å²) in [7, 11) is 0. The first-order valence-electron chi connectivity index (χ1n) is 6.12. The van der Waals surface area contributed by atoms with Crippen molar-refractivity contribution >= 4 is 11.8 Å². The number of ether oxygens (including phenoxy) is 1. The van der Waals surface area contributed by atoms with Crippen LogP contribution in [0.1, 0.15) is 30.1 Å². The molecular formula is C12H17N3O3. The van der Waals surface area contributed by atoms with Crippen molar-refractivity contribution in [3.8, 4) is 0 Å². The van der Waals surface area contributed by atoms with Crippen molar-refractivity contribution in [2.75, 3.05) is 24.6 Å². The predicted molar refractivity (Wildman–Crippen MR) is 65.9 cm³/mol. The van der Waals surface area contributed by atoms with E-state index >= 15 is 0 Å². The van der Waals surface area contributed by atoms with Crippen LogP contribution in [0.25, 0.3) is 0 Å². The molecule has 1 N–H and O–H groups in total. The lowest BCUT2D eigenvalue weighted by Crippen LogP contribution is -2.33. The second kappa shape index (κ2) is 5.77. The number of carboxylic acid groups (broad SMARTS) is 1. The van der Waals surface area contributed by atoms with Gasteiger partial charge in [0.05, 0.1) is 6.10 Å². The minimum Gasteiger partial charge on any atom is -0.477 e. The Balaban J connectivity index is 2.18. The van der Waals surface area contributed by atoms with Crippen molar-refractivity contribution in [3.63, 3.8) is 0 Å². The van der Waals surface area contributed by atoms with Crippen LogP contribution in [0.3, 0.4) is 0 Å². The van der Waals surface area contributed by atoms with Gasteiger partial charge in [0.2, 0.25) is 0 Å². The van der Waals surface area contributed by atoms with E-state index in [-0.39, 0.29) is 11.7 Å². The van der Waals surface area contributed by atoms with Gasteiger partial charge in [-0.15, -0.1) is 0 Å². The van der Waals surface area contributed by atoms with Crippen LogP contribution in [0.4, 0.5) is 5.82 Å². The summed E-state index contributed by atoms with van der Waals surface area (Å²) in [6, 6.07) is 0. The van der Waals surface area contributed by atoms with E-state index < -0.39 is 5.97 Å². The third-order valence-corrected chi connectivity index (χ3v) is 3.05. The highest BCUT2D eigenvalue weighted by molar-refractivity contribution is 5.92. The van der Waals surface area contributed by atoms with Gasteiger partial charge in [-0.2, -0.15) is 0 Å². The Kier molecular flexibility index (Phi) is 4.09. The Labute approximate surface area is 106 Å². The molecule has 1 atom stereocenters. The molecule has 1 fully saturated rings. The van der Waals surface area contributed by atoms with E-state index in [1.165, 1.54) is 12.5 Å². The molecule has 0 saturated carbocycles. The van der Waals surface area contributed by atoms with Gasteiger partial charge in [0.25, 0.3) is 0 Å². The second-order valence-electron chi connectivity index (χ2n) is 4.24. The zero-order valence-electron chi connectivity index (χ0n) is 10.4. The number of nitrogens with zero attached hydrogens (tertiary/aromatic N) is 3. The molecule has 0 amide bonds. The van der Waals surface area contributed by atoms with Gasteiger partial charge in [0.15, 0.2) is 0 Å². The summed E-state index contributed by atoms with van der Waals surface area (Å²) in [5, 5.41) is 9.13. The summed E-state index contributed by atoms with van der Waals surface area (Å²) in [5.41, 5.74) is 0.136. The molecule has 0 bridgehead atoms. The predicted octanol–water partition coefficient (Wildman–Crippen LogP) is 1.18. The first-order chi connectivity index (χ1) is 8.72. The van der Waals surface area contributed by atoms with Gasteiger partial charge in [-0.3, -0.25) is 0 Å². The highest BCUT2D eigenvalue weighted by Gasteiger charge is 2.22. The first kappa shape index (κ1) is 12.8. The number of hydrogen-bond acceptors (Lipinski definition) is 5. The van der Waals surface area contributed by atoms with Crippen LogP contribution in [-0.2, 0) is 4.74 Å². The molecule has 0 spiro atoms. The fraction of sp³-hybridized carbons (Fsp3) is 0.583. The molecule has 0 radical (unpaired) electrons. The Bertz CT molecular complexity index is 419. The van der Waals surface area contributed by atoms with Crippen molar-refractivity contribution in [1.82, 2.24) is 9.97 Å². The molecule has 1 aliphatic heterocycles. The summed E-state index contributed by atoms with van der Waals surface area (Å²) >= 11 is 0. The van der Waals surface area contributed by atoms with Gasteiger partial charge in [-0.25, -0.2) is 14.8 Å². The van der Waals surface area contributed by atoms with Crippen LogP contribution < -0.4 is 4.90 Å². The number of carbonyl (C=O) groups is 1. The maximum atomic E-state index is 11.1. The molecule has 0 aliphatic carbocycles. The number of anilines is 1. The van der Waals surface area contributed by atoms with E-state index in [4.69, 9.17) is 9.84 Å². The monoisotopic (exact) mass is 251 g/mol. The maximum Gasteiger partial charge on any atom is 0.341 e. The van der Waals surface area contributed by atoms with Gasteiger partial charge >= 0.3 is 5.97 Å². The molecule has 2 heterocycles. The third-order valence-electron chi connectivity index (χ3n) is 3.05. The minimum absolute atomic E-state index is 0.136. The normalized spacial score (nSPS) is 18.8. The second-order valence-corrected chi connectivity index (χ2v) is 4.24. The third kappa shape index (κ3) is 2.76. The first-order valence-corrected chi connectivity index (χ1v) is 6.12. The summed E-state index contributed by atoms with van der Waals surface area (Å²) in [4.78, 5) is 20.9. The van der Waals surface area contributed by atoms with Gasteiger partial charge in [0.1, 0.15) is 17.7 Å². The number of rotatable bonds is 5. The number of likely N-dealkylation sites (N-methyl/N-ethyl adjacent to an activating group) is 1. The lowest BCUT2D eigenvalue weighted by Gasteiger charge is -2.25. The molecule has 1 unspecified atom stereocenters. The average molecular weight is 251 g/mol. The fourth-order valence-electron chi connectivity index (χ4n) is 2.13. The molecule has 6 heteroatoms. The number of hydrogen-bond donors (Lipinski definition) is 1. The molecule has 1 aromatic rings. The standard InChI is InChI=1S/C12H17N3O3/c1-2-15(7-9-4-3-5-18-9)11-10(12(16)17)6-13-8-14-11/h6,8-9H,2-5,7H2,1H3,(H,16,17). The molecule has 1 aliphatic rings. The van der Waals surface area contributed by atoms with Crippen LogP contribution >= 0.6 is 0 Å². The SMILES string of the molecule is CCN(CC1CCCO1)c1ncncc1C(=O)O. The van der Waals surface area contributed by atoms with Crippen LogP contribution in [-0.4, -0.2) is 46.8 Å². The quantitative estimate of drug-likeness (QED) is 0.847. The lowest BCUT2D eigenvalue weighted by molar-refractivity contribution is 0.0696. The smallest absolute Gasteiger partial charge is 0.341 e. The number of aromatic carboxylic acids is 1. The van der Waals surface area contributed by atoms with Crippen LogP contribution in [0, 0.1) is 0 Å². The topological polar surface area (TPSA) is 75.5 Å². The average Bonchev–Trinajstić information content (AvgIpc) is 2.88. The zero-order chi connectivity index (χ0) is 13.0. The van der Waals surface area contributed by atoms with Gasteiger partial charge in [0, 0.05) is 25.9 Å². The lowest BCUT2D eigenvalue weighted by atomic mass is 10.2. The Morgan fingerprint density at radius 1 is 1.67 bits per heavy atom.